The zero-order valence-electron chi connectivity index (χ0n) is 13.3. The Morgan fingerprint density at radius 3 is 2.75 bits per heavy atom. The number of benzene rings is 2. The molecule has 0 bridgehead atoms. The molecule has 124 valence electrons. The lowest BCUT2D eigenvalue weighted by molar-refractivity contribution is -0.682. The molecule has 5 nitrogen and oxygen atoms in total. The first kappa shape index (κ1) is 16.5. The number of halogens is 1. The fourth-order valence-electron chi connectivity index (χ4n) is 2.81. The Bertz CT molecular complexity index is 778. The highest BCUT2D eigenvalue weighted by molar-refractivity contribution is 6.31. The molecule has 0 aliphatic carbocycles. The van der Waals surface area contributed by atoms with Crippen LogP contribution in [0.5, 0.6) is 0 Å². The van der Waals surface area contributed by atoms with Crippen molar-refractivity contribution in [2.45, 2.75) is 13.0 Å². The van der Waals surface area contributed by atoms with Gasteiger partial charge in [0.1, 0.15) is 12.6 Å². The van der Waals surface area contributed by atoms with Crippen LogP contribution in [-0.4, -0.2) is 24.9 Å². The van der Waals surface area contributed by atoms with Gasteiger partial charge < -0.3 is 10.6 Å². The van der Waals surface area contributed by atoms with Crippen molar-refractivity contribution < 1.29 is 14.9 Å². The largest absolute Gasteiger partial charge is 0.332 e. The van der Waals surface area contributed by atoms with E-state index in [0.717, 1.165) is 11.3 Å². The predicted octanol–water partition coefficient (Wildman–Crippen LogP) is 1.95. The van der Waals surface area contributed by atoms with Crippen LogP contribution in [-0.2, 0) is 9.59 Å². The van der Waals surface area contributed by atoms with Gasteiger partial charge in [0.05, 0.1) is 11.4 Å². The number of nitrogens with two attached hydrogens (primary N) is 1. The molecule has 0 aromatic heterocycles. The molecular weight excluding hydrogens is 326 g/mol. The smallest absolute Gasteiger partial charge is 0.282 e. The number of hydrogen-bond acceptors (Lipinski definition) is 2. The second kappa shape index (κ2) is 7.03. The first-order valence-electron chi connectivity index (χ1n) is 7.83. The Balaban J connectivity index is 1.70. The summed E-state index contributed by atoms with van der Waals surface area (Å²) in [6.07, 6.45) is 0. The Morgan fingerprint density at radius 2 is 1.96 bits per heavy atom. The van der Waals surface area contributed by atoms with Crippen LogP contribution in [0, 0.1) is 0 Å². The first-order valence-corrected chi connectivity index (χ1v) is 8.21. The molecule has 2 aromatic rings. The third-order valence-electron chi connectivity index (χ3n) is 4.11. The highest BCUT2D eigenvalue weighted by Gasteiger charge is 2.27. The zero-order chi connectivity index (χ0) is 17.1. The van der Waals surface area contributed by atoms with Crippen LogP contribution < -0.4 is 15.5 Å². The average Bonchev–Trinajstić information content (AvgIpc) is 2.59. The molecule has 2 amide bonds. The molecule has 1 aliphatic heterocycles. The highest BCUT2D eigenvalue weighted by Crippen LogP contribution is 2.28. The van der Waals surface area contributed by atoms with Crippen LogP contribution in [0.1, 0.15) is 18.5 Å². The van der Waals surface area contributed by atoms with Gasteiger partial charge in [0.25, 0.3) is 5.91 Å². The van der Waals surface area contributed by atoms with Crippen molar-refractivity contribution in [1.29, 1.82) is 0 Å². The number of hydrogen-bond donors (Lipinski definition) is 2. The van der Waals surface area contributed by atoms with Gasteiger partial charge in [0, 0.05) is 10.6 Å². The van der Waals surface area contributed by atoms with Crippen molar-refractivity contribution in [3.63, 3.8) is 0 Å². The van der Waals surface area contributed by atoms with E-state index in [4.69, 9.17) is 11.6 Å². The van der Waals surface area contributed by atoms with Crippen LogP contribution in [0.15, 0.2) is 48.5 Å². The second-order valence-corrected chi connectivity index (χ2v) is 6.20. The van der Waals surface area contributed by atoms with Crippen LogP contribution in [0.4, 0.5) is 11.4 Å². The molecule has 0 fully saturated rings. The number of quaternary nitrogens is 1. The van der Waals surface area contributed by atoms with Crippen LogP contribution >= 0.6 is 11.6 Å². The Hall–Kier alpha value is -2.37. The van der Waals surface area contributed by atoms with Gasteiger partial charge in [0.15, 0.2) is 6.54 Å². The summed E-state index contributed by atoms with van der Waals surface area (Å²) in [7, 11) is 0. The molecule has 0 radical (unpaired) electrons. The van der Waals surface area contributed by atoms with E-state index in [-0.39, 0.29) is 30.9 Å². The summed E-state index contributed by atoms with van der Waals surface area (Å²) in [6.45, 7) is 2.30. The summed E-state index contributed by atoms with van der Waals surface area (Å²) in [5.41, 5.74) is 2.39. The standard InChI is InChI=1S/C18H18ClN3O2/c1-12(13-6-2-3-7-14(13)19)20-10-18(24)22-11-17(23)21-15-8-4-5-9-16(15)22/h2-9,12,20H,10-11H2,1H3,(H,21,23)/p+1/t12-/m0/s1. The van der Waals surface area contributed by atoms with E-state index >= 15 is 0 Å². The maximum Gasteiger partial charge on any atom is 0.282 e. The monoisotopic (exact) mass is 344 g/mol. The molecule has 0 saturated carbocycles. The van der Waals surface area contributed by atoms with E-state index in [1.165, 1.54) is 4.90 Å². The van der Waals surface area contributed by atoms with Crippen molar-refractivity contribution in [1.82, 2.24) is 0 Å². The van der Waals surface area contributed by atoms with E-state index in [0.29, 0.717) is 10.7 Å². The fourth-order valence-corrected chi connectivity index (χ4v) is 3.12. The van der Waals surface area contributed by atoms with Crippen molar-refractivity contribution >= 4 is 34.8 Å². The van der Waals surface area contributed by atoms with Crippen LogP contribution in [0.25, 0.3) is 0 Å². The van der Waals surface area contributed by atoms with Crippen molar-refractivity contribution in [2.24, 2.45) is 0 Å². The van der Waals surface area contributed by atoms with Crippen LogP contribution in [0.2, 0.25) is 5.02 Å². The van der Waals surface area contributed by atoms with Crippen molar-refractivity contribution in [3.05, 3.63) is 59.1 Å². The predicted molar refractivity (Wildman–Crippen MR) is 94.1 cm³/mol. The number of para-hydroxylation sites is 2. The molecule has 0 saturated heterocycles. The van der Waals surface area contributed by atoms with E-state index in [1.807, 2.05) is 54.7 Å². The maximum absolute atomic E-state index is 12.6. The minimum absolute atomic E-state index is 0.0458. The van der Waals surface area contributed by atoms with E-state index < -0.39 is 0 Å². The lowest BCUT2D eigenvalue weighted by atomic mass is 10.1. The summed E-state index contributed by atoms with van der Waals surface area (Å²) >= 11 is 6.20. The molecular formula is C18H19ClN3O2+. The lowest BCUT2D eigenvalue weighted by Gasteiger charge is -2.28. The Morgan fingerprint density at radius 1 is 1.25 bits per heavy atom. The molecule has 24 heavy (non-hydrogen) atoms. The topological polar surface area (TPSA) is 66.0 Å². The van der Waals surface area contributed by atoms with Crippen LogP contribution in [0.3, 0.4) is 0 Å². The summed E-state index contributed by atoms with van der Waals surface area (Å²) < 4.78 is 0. The minimum atomic E-state index is -0.179. The minimum Gasteiger partial charge on any atom is -0.332 e. The summed E-state index contributed by atoms with van der Waals surface area (Å²) in [4.78, 5) is 26.0. The third kappa shape index (κ3) is 3.42. The van der Waals surface area contributed by atoms with Gasteiger partial charge in [-0.2, -0.15) is 0 Å². The second-order valence-electron chi connectivity index (χ2n) is 5.80. The SMILES string of the molecule is C[C@H]([NH2+]CC(=O)N1CC(=O)Nc2ccccc21)c1ccccc1Cl. The molecule has 1 heterocycles. The number of amides is 2. The molecule has 2 aromatic carbocycles. The van der Waals surface area contributed by atoms with Crippen molar-refractivity contribution in [2.75, 3.05) is 23.3 Å². The number of rotatable bonds is 4. The number of nitrogens with one attached hydrogen (secondary N) is 1. The van der Waals surface area contributed by atoms with Gasteiger partial charge in [-0.1, -0.05) is 41.9 Å². The van der Waals surface area contributed by atoms with Gasteiger partial charge in [-0.15, -0.1) is 0 Å². The average molecular weight is 345 g/mol. The molecule has 1 aliphatic rings. The Labute approximate surface area is 145 Å². The number of nitrogens with zero attached hydrogens (tertiary/aromatic N) is 1. The van der Waals surface area contributed by atoms with Crippen molar-refractivity contribution in [3.8, 4) is 0 Å². The van der Waals surface area contributed by atoms with Gasteiger partial charge >= 0.3 is 0 Å². The molecule has 0 unspecified atom stereocenters. The number of carbonyl (C=O) groups excluding carboxylic acids is 2. The zero-order valence-corrected chi connectivity index (χ0v) is 14.1. The molecule has 3 rings (SSSR count). The normalized spacial score (nSPS) is 14.8. The highest BCUT2D eigenvalue weighted by atomic mass is 35.5. The lowest BCUT2D eigenvalue weighted by Crippen LogP contribution is -2.87. The van der Waals surface area contributed by atoms with Gasteiger partial charge in [0.2, 0.25) is 5.91 Å². The van der Waals surface area contributed by atoms with Gasteiger partial charge in [-0.05, 0) is 25.1 Å². The number of anilines is 2. The maximum atomic E-state index is 12.6. The summed E-state index contributed by atoms with van der Waals surface area (Å²) in [5.74, 6) is -0.280. The molecule has 1 atom stereocenters. The van der Waals surface area contributed by atoms with Gasteiger partial charge in [-0.25, -0.2) is 0 Å². The molecule has 6 heteroatoms. The quantitative estimate of drug-likeness (QED) is 0.890. The molecule has 3 N–H and O–H groups in total. The number of carbonyl (C=O) groups is 2. The number of fused-ring (bicyclic) bond motifs is 1. The third-order valence-corrected chi connectivity index (χ3v) is 4.46. The Kier molecular flexibility index (Phi) is 4.83. The summed E-state index contributed by atoms with van der Waals surface area (Å²) in [5, 5.41) is 5.40. The van der Waals surface area contributed by atoms with E-state index in [9.17, 15) is 9.59 Å². The fraction of sp³-hybridized carbons (Fsp3) is 0.222. The van der Waals surface area contributed by atoms with E-state index in [2.05, 4.69) is 5.32 Å². The van der Waals surface area contributed by atoms with E-state index in [1.54, 1.807) is 6.07 Å². The first-order chi connectivity index (χ1) is 11.6. The summed E-state index contributed by atoms with van der Waals surface area (Å²) in [6, 6.07) is 15.0. The van der Waals surface area contributed by atoms with Gasteiger partial charge in [-0.3, -0.25) is 14.5 Å². The molecule has 0 spiro atoms.